The van der Waals surface area contributed by atoms with Gasteiger partial charge in [0.1, 0.15) is 5.69 Å². The quantitative estimate of drug-likeness (QED) is 0.906. The number of aromatic nitrogens is 2. The Balaban J connectivity index is 1.63. The maximum atomic E-state index is 13.1. The molecule has 142 valence electrons. The van der Waals surface area contributed by atoms with Crippen LogP contribution < -0.4 is 5.32 Å². The van der Waals surface area contributed by atoms with Crippen LogP contribution in [0.4, 0.5) is 5.69 Å². The fourth-order valence-corrected chi connectivity index (χ4v) is 4.12. The Morgan fingerprint density at radius 3 is 2.70 bits per heavy atom. The molecule has 6 heteroatoms. The van der Waals surface area contributed by atoms with Gasteiger partial charge in [-0.3, -0.25) is 9.59 Å². The van der Waals surface area contributed by atoms with Crippen molar-refractivity contribution in [1.29, 1.82) is 0 Å². The molecule has 2 aromatic rings. The predicted molar refractivity (Wildman–Crippen MR) is 104 cm³/mol. The van der Waals surface area contributed by atoms with E-state index in [9.17, 15) is 9.59 Å². The molecular weight excluding hydrogens is 340 g/mol. The van der Waals surface area contributed by atoms with Crippen molar-refractivity contribution in [3.8, 4) is 0 Å². The minimum Gasteiger partial charge on any atom is -0.337 e. The van der Waals surface area contributed by atoms with E-state index < -0.39 is 0 Å². The largest absolute Gasteiger partial charge is 0.337 e. The lowest BCUT2D eigenvalue weighted by Gasteiger charge is -2.30. The van der Waals surface area contributed by atoms with E-state index in [1.165, 1.54) is 0 Å². The summed E-state index contributed by atoms with van der Waals surface area (Å²) in [5.74, 6) is 0.588. The second-order valence-corrected chi connectivity index (χ2v) is 7.66. The van der Waals surface area contributed by atoms with Crippen molar-refractivity contribution in [3.63, 3.8) is 0 Å². The summed E-state index contributed by atoms with van der Waals surface area (Å²) in [4.78, 5) is 32.4. The lowest BCUT2D eigenvalue weighted by atomic mass is 9.99. The number of hydrogen-bond donors (Lipinski definition) is 1. The van der Waals surface area contributed by atoms with E-state index in [-0.39, 0.29) is 11.8 Å². The molecule has 1 N–H and O–H groups in total. The smallest absolute Gasteiger partial charge is 0.291 e. The first-order valence-corrected chi connectivity index (χ1v) is 9.88. The first-order chi connectivity index (χ1) is 13.1. The number of nitrogens with zero attached hydrogens (tertiary/aromatic N) is 3. The number of benzene rings is 1. The Hall–Kier alpha value is -2.63. The van der Waals surface area contributed by atoms with Gasteiger partial charge in [-0.25, -0.2) is 4.98 Å². The molecule has 3 heterocycles. The van der Waals surface area contributed by atoms with Crippen LogP contribution in [0.2, 0.25) is 0 Å². The Morgan fingerprint density at radius 2 is 1.93 bits per heavy atom. The Labute approximate surface area is 159 Å². The molecule has 1 fully saturated rings. The number of rotatable bonds is 3. The van der Waals surface area contributed by atoms with E-state index in [1.54, 1.807) is 0 Å². The minimum absolute atomic E-state index is 0.0223. The van der Waals surface area contributed by atoms with Gasteiger partial charge >= 0.3 is 0 Å². The fraction of sp³-hybridized carbons (Fsp3) is 0.476. The van der Waals surface area contributed by atoms with E-state index >= 15 is 0 Å². The molecule has 2 aliphatic heterocycles. The number of hydrogen-bond acceptors (Lipinski definition) is 3. The normalized spacial score (nSPS) is 19.4. The molecule has 1 saturated heterocycles. The van der Waals surface area contributed by atoms with Crippen molar-refractivity contribution in [2.24, 2.45) is 5.92 Å². The van der Waals surface area contributed by atoms with E-state index in [4.69, 9.17) is 0 Å². The number of fused-ring (bicyclic) bond motifs is 1. The monoisotopic (exact) mass is 366 g/mol. The molecule has 0 aliphatic carbocycles. The van der Waals surface area contributed by atoms with Gasteiger partial charge in [0, 0.05) is 25.3 Å². The lowest BCUT2D eigenvalue weighted by Crippen LogP contribution is -2.39. The molecule has 0 bridgehead atoms. The van der Waals surface area contributed by atoms with Crippen LogP contribution in [0, 0.1) is 5.92 Å². The molecule has 1 atom stereocenters. The van der Waals surface area contributed by atoms with Crippen LogP contribution in [-0.4, -0.2) is 39.4 Å². The number of piperidine rings is 1. The average Bonchev–Trinajstić information content (AvgIpc) is 3.08. The minimum atomic E-state index is -0.254. The Kier molecular flexibility index (Phi) is 4.97. The first-order valence-electron chi connectivity index (χ1n) is 9.88. The predicted octanol–water partition coefficient (Wildman–Crippen LogP) is 3.34. The van der Waals surface area contributed by atoms with Crippen molar-refractivity contribution in [3.05, 3.63) is 47.5 Å². The number of carbonyl (C=O) groups is 2. The molecule has 2 amide bonds. The summed E-state index contributed by atoms with van der Waals surface area (Å²) in [6.45, 7) is 4.47. The third kappa shape index (κ3) is 3.61. The molecule has 27 heavy (non-hydrogen) atoms. The van der Waals surface area contributed by atoms with E-state index in [2.05, 4.69) is 17.2 Å². The third-order valence-corrected chi connectivity index (χ3v) is 5.50. The summed E-state index contributed by atoms with van der Waals surface area (Å²) in [5, 5.41) is 2.90. The molecule has 1 aromatic heterocycles. The van der Waals surface area contributed by atoms with Gasteiger partial charge in [0.15, 0.2) is 5.82 Å². The van der Waals surface area contributed by atoms with Gasteiger partial charge < -0.3 is 14.8 Å². The molecule has 4 rings (SSSR count). The van der Waals surface area contributed by atoms with E-state index in [1.807, 2.05) is 39.8 Å². The third-order valence-electron chi connectivity index (χ3n) is 5.50. The zero-order valence-electron chi connectivity index (χ0n) is 15.8. The first kappa shape index (κ1) is 17.8. The summed E-state index contributed by atoms with van der Waals surface area (Å²) >= 11 is 0. The molecule has 0 spiro atoms. The number of amides is 2. The van der Waals surface area contributed by atoms with Crippen LogP contribution in [-0.2, 0) is 13.0 Å². The molecule has 1 aromatic carbocycles. The topological polar surface area (TPSA) is 67.2 Å². The summed E-state index contributed by atoms with van der Waals surface area (Å²) in [5.41, 5.74) is 2.12. The molecule has 1 unspecified atom stereocenters. The van der Waals surface area contributed by atoms with Crippen LogP contribution in [0.25, 0.3) is 0 Å². The molecule has 0 saturated carbocycles. The highest BCUT2D eigenvalue weighted by Crippen LogP contribution is 2.25. The van der Waals surface area contributed by atoms with Gasteiger partial charge in [0.25, 0.3) is 11.8 Å². The lowest BCUT2D eigenvalue weighted by molar-refractivity contribution is 0.0676. The second-order valence-electron chi connectivity index (χ2n) is 7.66. The molecule has 2 aliphatic rings. The highest BCUT2D eigenvalue weighted by atomic mass is 16.2. The summed E-state index contributed by atoms with van der Waals surface area (Å²) < 4.78 is 1.95. The average molecular weight is 366 g/mol. The number of anilines is 1. The van der Waals surface area contributed by atoms with E-state index in [0.717, 1.165) is 63.1 Å². The number of likely N-dealkylation sites (tertiary alicyclic amines) is 1. The van der Waals surface area contributed by atoms with Gasteiger partial charge in [0.2, 0.25) is 0 Å². The van der Waals surface area contributed by atoms with Crippen molar-refractivity contribution >= 4 is 17.5 Å². The number of para-hydroxylation sites is 1. The van der Waals surface area contributed by atoms with Crippen LogP contribution in [0.3, 0.4) is 0 Å². The second kappa shape index (κ2) is 7.55. The summed E-state index contributed by atoms with van der Waals surface area (Å²) in [6.07, 6.45) is 5.03. The number of nitrogens with one attached hydrogen (secondary N) is 1. The molecule has 6 nitrogen and oxygen atoms in total. The van der Waals surface area contributed by atoms with Crippen LogP contribution in [0.5, 0.6) is 0 Å². The fourth-order valence-electron chi connectivity index (χ4n) is 4.12. The Bertz CT molecular complexity index is 843. The van der Waals surface area contributed by atoms with Crippen LogP contribution in [0.1, 0.15) is 59.4 Å². The summed E-state index contributed by atoms with van der Waals surface area (Å²) in [7, 11) is 0. The molecule has 0 radical (unpaired) electrons. The highest BCUT2D eigenvalue weighted by molar-refractivity contribution is 6.03. The SMILES string of the molecule is CC1CCCN(C(=O)c2nc(C(=O)Nc3ccccc3)n3c2CCCC3)C1. The van der Waals surface area contributed by atoms with E-state index in [0.29, 0.717) is 17.4 Å². The van der Waals surface area contributed by atoms with Gasteiger partial charge in [-0.05, 0) is 50.2 Å². The number of carbonyl (C=O) groups excluding carboxylic acids is 2. The maximum Gasteiger partial charge on any atom is 0.291 e. The zero-order chi connectivity index (χ0) is 18.8. The standard InChI is InChI=1S/C21H26N4O2/c1-15-8-7-12-24(14-15)21(27)18-17-11-5-6-13-25(17)19(23-18)20(26)22-16-9-3-2-4-10-16/h2-4,9-10,15H,5-8,11-14H2,1H3,(H,22,26). The number of imidazole rings is 1. The van der Waals surface area contributed by atoms with Crippen molar-refractivity contribution in [2.45, 2.75) is 45.6 Å². The van der Waals surface area contributed by atoms with Crippen molar-refractivity contribution in [2.75, 3.05) is 18.4 Å². The highest BCUT2D eigenvalue weighted by Gasteiger charge is 2.31. The van der Waals surface area contributed by atoms with Gasteiger partial charge in [-0.2, -0.15) is 0 Å². The summed E-state index contributed by atoms with van der Waals surface area (Å²) in [6, 6.07) is 9.36. The van der Waals surface area contributed by atoms with Crippen LogP contribution in [0.15, 0.2) is 30.3 Å². The van der Waals surface area contributed by atoms with Gasteiger partial charge in [0.05, 0.1) is 5.69 Å². The zero-order valence-corrected chi connectivity index (χ0v) is 15.8. The van der Waals surface area contributed by atoms with Gasteiger partial charge in [-0.15, -0.1) is 0 Å². The maximum absolute atomic E-state index is 13.1. The van der Waals surface area contributed by atoms with Gasteiger partial charge in [-0.1, -0.05) is 25.1 Å². The van der Waals surface area contributed by atoms with Crippen LogP contribution >= 0.6 is 0 Å². The molecular formula is C21H26N4O2. The van der Waals surface area contributed by atoms with Crippen molar-refractivity contribution < 1.29 is 9.59 Å². The Morgan fingerprint density at radius 1 is 1.11 bits per heavy atom. The van der Waals surface area contributed by atoms with Crippen molar-refractivity contribution in [1.82, 2.24) is 14.5 Å².